The lowest BCUT2D eigenvalue weighted by Crippen LogP contribution is -2.26. The number of aliphatic imine (C=N–C) groups is 1. The van der Waals surface area contributed by atoms with Gasteiger partial charge in [-0.05, 0) is 52.9 Å². The molecular weight excluding hydrogens is 405 g/mol. The van der Waals surface area contributed by atoms with Crippen LogP contribution in [0.15, 0.2) is 78.0 Å². The monoisotopic (exact) mass is 429 g/mol. The summed E-state index contributed by atoms with van der Waals surface area (Å²) < 4.78 is 0. The van der Waals surface area contributed by atoms with Crippen molar-refractivity contribution in [2.75, 3.05) is 7.05 Å². The van der Waals surface area contributed by atoms with E-state index in [0.29, 0.717) is 0 Å². The van der Waals surface area contributed by atoms with Crippen LogP contribution in [0.3, 0.4) is 0 Å². The zero-order chi connectivity index (χ0) is 18.6. The zero-order valence-electron chi connectivity index (χ0n) is 16.2. The van der Waals surface area contributed by atoms with Crippen molar-refractivity contribution in [2.45, 2.75) is 25.4 Å². The highest BCUT2D eigenvalue weighted by Gasteiger charge is 2.23. The van der Waals surface area contributed by atoms with Crippen molar-refractivity contribution in [1.82, 2.24) is 9.88 Å². The van der Waals surface area contributed by atoms with Gasteiger partial charge in [-0.3, -0.25) is 9.98 Å². The number of aryl methyl sites for hydroxylation is 1. The van der Waals surface area contributed by atoms with Crippen LogP contribution in [0.4, 0.5) is 0 Å². The molecule has 3 aromatic rings. The van der Waals surface area contributed by atoms with E-state index in [2.05, 4.69) is 53.3 Å². The zero-order valence-corrected chi connectivity index (χ0v) is 17.9. The Morgan fingerprint density at radius 2 is 1.62 bits per heavy atom. The lowest BCUT2D eigenvalue weighted by Gasteiger charge is -2.20. The maximum Gasteiger partial charge on any atom is 0.115 e. The van der Waals surface area contributed by atoms with E-state index in [1.807, 2.05) is 24.5 Å². The summed E-state index contributed by atoms with van der Waals surface area (Å²) in [4.78, 5) is 11.5. The van der Waals surface area contributed by atoms with Gasteiger partial charge in [0.15, 0.2) is 0 Å². The Morgan fingerprint density at radius 1 is 0.931 bits per heavy atom. The van der Waals surface area contributed by atoms with Gasteiger partial charge >= 0.3 is 0 Å². The minimum atomic E-state index is -0.0563. The first-order valence-corrected chi connectivity index (χ1v) is 9.24. The van der Waals surface area contributed by atoms with Gasteiger partial charge < -0.3 is 10.0 Å². The van der Waals surface area contributed by atoms with E-state index in [0.717, 1.165) is 30.8 Å². The van der Waals surface area contributed by atoms with Crippen molar-refractivity contribution < 1.29 is 5.11 Å². The Bertz CT molecular complexity index is 946. The van der Waals surface area contributed by atoms with Crippen molar-refractivity contribution >= 4 is 30.6 Å². The topological polar surface area (TPSA) is 48.7 Å². The number of nitrogens with zero attached hydrogens (tertiary/aromatic N) is 3. The van der Waals surface area contributed by atoms with E-state index in [-0.39, 0.29) is 36.6 Å². The average molecular weight is 430 g/mol. The third-order valence-corrected chi connectivity index (χ3v) is 5.07. The first-order chi connectivity index (χ1) is 13.2. The molecule has 1 aliphatic heterocycles. The summed E-state index contributed by atoms with van der Waals surface area (Å²) in [5, 5.41) is 9.66. The number of halogens is 2. The van der Waals surface area contributed by atoms with Crippen LogP contribution in [-0.2, 0) is 13.0 Å². The fourth-order valence-electron chi connectivity index (χ4n) is 3.58. The predicted octanol–water partition coefficient (Wildman–Crippen LogP) is 5.20. The van der Waals surface area contributed by atoms with Crippen LogP contribution >= 0.6 is 24.8 Å². The number of amidine groups is 1. The summed E-state index contributed by atoms with van der Waals surface area (Å²) in [6.45, 7) is 0.847. The fraction of sp³-hybridized carbons (Fsp3) is 0.217. The molecule has 1 N–H and O–H groups in total. The molecule has 2 aromatic carbocycles. The third kappa shape index (κ3) is 5.28. The Hall–Kier alpha value is -2.56. The van der Waals surface area contributed by atoms with Gasteiger partial charge in [-0.1, -0.05) is 36.4 Å². The van der Waals surface area contributed by atoms with Crippen molar-refractivity contribution in [3.8, 4) is 5.75 Å². The number of rotatable bonds is 4. The lowest BCUT2D eigenvalue weighted by atomic mass is 9.95. The van der Waals surface area contributed by atoms with Gasteiger partial charge in [0.25, 0.3) is 0 Å². The van der Waals surface area contributed by atoms with Gasteiger partial charge in [-0.15, -0.1) is 24.8 Å². The molecule has 0 saturated heterocycles. The largest absolute Gasteiger partial charge is 0.508 e. The van der Waals surface area contributed by atoms with Crippen LogP contribution in [-0.4, -0.2) is 27.9 Å². The van der Waals surface area contributed by atoms with Crippen LogP contribution in [0.5, 0.6) is 5.75 Å². The van der Waals surface area contributed by atoms with E-state index in [1.165, 1.54) is 16.7 Å². The van der Waals surface area contributed by atoms with Crippen LogP contribution in [0.1, 0.15) is 34.7 Å². The van der Waals surface area contributed by atoms with Crippen LogP contribution in [0.2, 0.25) is 0 Å². The number of hydrogen-bond acceptors (Lipinski definition) is 4. The molecule has 4 nitrogen and oxygen atoms in total. The highest BCUT2D eigenvalue weighted by atomic mass is 35.5. The molecule has 1 unspecified atom stereocenters. The Balaban J connectivity index is 0.00000150. The number of aromatic nitrogens is 1. The second-order valence-corrected chi connectivity index (χ2v) is 6.95. The summed E-state index contributed by atoms with van der Waals surface area (Å²) in [6.07, 6.45) is 5.49. The molecule has 1 atom stereocenters. The van der Waals surface area contributed by atoms with Crippen molar-refractivity contribution in [3.63, 3.8) is 0 Å². The first kappa shape index (κ1) is 22.7. The highest BCUT2D eigenvalue weighted by molar-refractivity contribution is 5.85. The van der Waals surface area contributed by atoms with Gasteiger partial charge in [-0.2, -0.15) is 0 Å². The molecule has 152 valence electrons. The quantitative estimate of drug-likeness (QED) is 0.619. The number of pyridine rings is 1. The van der Waals surface area contributed by atoms with Gasteiger partial charge in [0.2, 0.25) is 0 Å². The van der Waals surface area contributed by atoms with Crippen molar-refractivity contribution in [1.29, 1.82) is 0 Å². The minimum Gasteiger partial charge on any atom is -0.508 e. The maximum absolute atomic E-state index is 9.66. The number of phenols is 1. The molecule has 29 heavy (non-hydrogen) atoms. The number of hydrogen-bond donors (Lipinski definition) is 1. The number of benzene rings is 2. The normalized spacial score (nSPS) is 15.3. The Kier molecular flexibility index (Phi) is 8.06. The molecule has 1 aromatic heterocycles. The summed E-state index contributed by atoms with van der Waals surface area (Å²) >= 11 is 0. The van der Waals surface area contributed by atoms with E-state index in [1.54, 1.807) is 12.1 Å². The van der Waals surface area contributed by atoms with Gasteiger partial charge in [-0.25, -0.2) is 0 Å². The van der Waals surface area contributed by atoms with E-state index >= 15 is 0 Å². The van der Waals surface area contributed by atoms with Crippen LogP contribution in [0, 0.1) is 0 Å². The number of phenolic OH excluding ortho intramolecular Hbond substituents is 1. The van der Waals surface area contributed by atoms with Crippen LogP contribution in [0.25, 0.3) is 0 Å². The molecule has 4 rings (SSSR count). The molecule has 2 heterocycles. The molecular formula is C23H25Cl2N3O. The van der Waals surface area contributed by atoms with E-state index in [4.69, 9.17) is 4.99 Å². The molecule has 6 heteroatoms. The third-order valence-electron chi connectivity index (χ3n) is 5.07. The first-order valence-electron chi connectivity index (χ1n) is 9.24. The van der Waals surface area contributed by atoms with E-state index < -0.39 is 0 Å². The maximum atomic E-state index is 9.66. The van der Waals surface area contributed by atoms with Crippen molar-refractivity contribution in [3.05, 3.63) is 95.3 Å². The smallest absolute Gasteiger partial charge is 0.115 e. The molecule has 0 saturated carbocycles. The number of aromatic hydroxyl groups is 1. The second kappa shape index (κ2) is 10.3. The van der Waals surface area contributed by atoms with Gasteiger partial charge in [0.05, 0.1) is 0 Å². The highest BCUT2D eigenvalue weighted by Crippen LogP contribution is 2.33. The summed E-state index contributed by atoms with van der Waals surface area (Å²) in [7, 11) is 2.11. The Morgan fingerprint density at radius 3 is 2.34 bits per heavy atom. The standard InChI is InChI=1S/C23H23N3O.2ClH/c1-26-16-19-4-2-3-5-21(19)23(18-7-9-20(27)10-8-18)25-22(26)11-6-17-12-14-24-15-13-17;;/h2-5,7-10,12-15,23,27H,6,11,16H2,1H3;2*1H. The summed E-state index contributed by atoms with van der Waals surface area (Å²) in [5.41, 5.74) is 4.88. The van der Waals surface area contributed by atoms with Crippen LogP contribution < -0.4 is 0 Å². The SMILES string of the molecule is CN1Cc2ccccc2C(c2ccc(O)cc2)N=C1CCc1ccncc1.Cl.Cl. The van der Waals surface area contributed by atoms with Gasteiger partial charge in [0, 0.05) is 32.4 Å². The summed E-state index contributed by atoms with van der Waals surface area (Å²) in [6, 6.07) is 20.0. The Labute approximate surface area is 184 Å². The summed E-state index contributed by atoms with van der Waals surface area (Å²) in [5.74, 6) is 1.38. The minimum absolute atomic E-state index is 0. The number of fused-ring (bicyclic) bond motifs is 1. The lowest BCUT2D eigenvalue weighted by molar-refractivity contribution is 0.475. The van der Waals surface area contributed by atoms with Gasteiger partial charge in [0.1, 0.15) is 17.6 Å². The molecule has 0 radical (unpaired) electrons. The van der Waals surface area contributed by atoms with E-state index in [9.17, 15) is 5.11 Å². The molecule has 0 spiro atoms. The molecule has 1 aliphatic rings. The fourth-order valence-corrected chi connectivity index (χ4v) is 3.58. The predicted molar refractivity (Wildman–Crippen MR) is 122 cm³/mol. The molecule has 0 fully saturated rings. The second-order valence-electron chi connectivity index (χ2n) is 6.95. The molecule has 0 amide bonds. The average Bonchev–Trinajstić information content (AvgIpc) is 2.84. The molecule has 0 bridgehead atoms. The van der Waals surface area contributed by atoms with Crippen molar-refractivity contribution in [2.24, 2.45) is 4.99 Å². The molecule has 0 aliphatic carbocycles.